The molecule has 1 fully saturated rings. The van der Waals surface area contributed by atoms with Gasteiger partial charge in [-0.25, -0.2) is 0 Å². The van der Waals surface area contributed by atoms with Crippen LogP contribution >= 0.6 is 11.6 Å². The number of hydrogen-bond acceptors (Lipinski definition) is 3. The van der Waals surface area contributed by atoms with Gasteiger partial charge in [0.05, 0.1) is 18.2 Å². The van der Waals surface area contributed by atoms with Crippen molar-refractivity contribution in [2.45, 2.75) is 31.8 Å². The van der Waals surface area contributed by atoms with Crippen molar-refractivity contribution in [1.29, 1.82) is 0 Å². The number of hydrogen-bond donors (Lipinski definition) is 1. The molecule has 3 nitrogen and oxygen atoms in total. The first-order chi connectivity index (χ1) is 7.72. The molecule has 16 heavy (non-hydrogen) atoms. The molecule has 0 bridgehead atoms. The lowest BCUT2D eigenvalue weighted by atomic mass is 10.2. The van der Waals surface area contributed by atoms with Crippen LogP contribution in [0.1, 0.15) is 25.7 Å². The Morgan fingerprint density at radius 3 is 2.62 bits per heavy atom. The molecule has 1 aliphatic carbocycles. The Kier molecular flexibility index (Phi) is 3.44. The van der Waals surface area contributed by atoms with Gasteiger partial charge in [-0.05, 0) is 37.8 Å². The first kappa shape index (κ1) is 11.4. The van der Waals surface area contributed by atoms with Crippen molar-refractivity contribution in [2.75, 3.05) is 7.11 Å². The Balaban J connectivity index is 2.25. The molecule has 0 aliphatic heterocycles. The van der Waals surface area contributed by atoms with Gasteiger partial charge in [0.25, 0.3) is 0 Å². The number of ether oxygens (including phenoxy) is 2. The summed E-state index contributed by atoms with van der Waals surface area (Å²) in [5.74, 6) is 0.851. The SMILES string of the molecule is COc1ccc(Cl)c(O)c1OC1CCCC1. The number of phenolic OH excluding ortho intramolecular Hbond substituents is 1. The fourth-order valence-electron chi connectivity index (χ4n) is 1.98. The van der Waals surface area contributed by atoms with E-state index in [2.05, 4.69) is 0 Å². The van der Waals surface area contributed by atoms with Crippen molar-refractivity contribution in [3.8, 4) is 17.2 Å². The normalized spacial score (nSPS) is 16.4. The van der Waals surface area contributed by atoms with Crippen LogP contribution in [0.2, 0.25) is 5.02 Å². The lowest BCUT2D eigenvalue weighted by molar-refractivity contribution is 0.192. The largest absolute Gasteiger partial charge is 0.503 e. The highest BCUT2D eigenvalue weighted by Gasteiger charge is 2.21. The third-order valence-corrected chi connectivity index (χ3v) is 3.16. The molecule has 1 aliphatic rings. The first-order valence-electron chi connectivity index (χ1n) is 5.44. The number of rotatable bonds is 3. The van der Waals surface area contributed by atoms with Gasteiger partial charge >= 0.3 is 0 Å². The lowest BCUT2D eigenvalue weighted by Gasteiger charge is -2.17. The molecule has 1 aromatic carbocycles. The second-order valence-corrected chi connectivity index (χ2v) is 4.36. The average Bonchev–Trinajstić information content (AvgIpc) is 2.78. The molecule has 4 heteroatoms. The molecule has 0 amide bonds. The van der Waals surface area contributed by atoms with Gasteiger partial charge in [-0.2, -0.15) is 0 Å². The molecule has 0 atom stereocenters. The molecule has 0 aromatic heterocycles. The van der Waals surface area contributed by atoms with Gasteiger partial charge in [-0.15, -0.1) is 0 Å². The highest BCUT2D eigenvalue weighted by Crippen LogP contribution is 2.43. The van der Waals surface area contributed by atoms with Crippen LogP contribution < -0.4 is 9.47 Å². The second kappa shape index (κ2) is 4.83. The topological polar surface area (TPSA) is 38.7 Å². The van der Waals surface area contributed by atoms with Crippen LogP contribution in [-0.4, -0.2) is 18.3 Å². The summed E-state index contributed by atoms with van der Waals surface area (Å²) >= 11 is 5.84. The predicted molar refractivity (Wildman–Crippen MR) is 62.6 cm³/mol. The highest BCUT2D eigenvalue weighted by atomic mass is 35.5. The molecule has 1 aromatic rings. The lowest BCUT2D eigenvalue weighted by Crippen LogP contribution is -2.11. The van der Waals surface area contributed by atoms with Crippen LogP contribution in [0.25, 0.3) is 0 Å². The molecule has 0 saturated heterocycles. The summed E-state index contributed by atoms with van der Waals surface area (Å²) in [7, 11) is 1.55. The Bertz CT molecular complexity index is 373. The molecule has 1 N–H and O–H groups in total. The number of benzene rings is 1. The number of methoxy groups -OCH3 is 1. The Hall–Kier alpha value is -1.09. The molecule has 0 heterocycles. The maximum absolute atomic E-state index is 9.83. The summed E-state index contributed by atoms with van der Waals surface area (Å²) in [6, 6.07) is 3.30. The van der Waals surface area contributed by atoms with Gasteiger partial charge < -0.3 is 14.6 Å². The van der Waals surface area contributed by atoms with E-state index in [4.69, 9.17) is 21.1 Å². The predicted octanol–water partition coefficient (Wildman–Crippen LogP) is 3.38. The van der Waals surface area contributed by atoms with E-state index in [0.717, 1.165) is 12.8 Å². The van der Waals surface area contributed by atoms with Crippen LogP contribution in [0.4, 0.5) is 0 Å². The van der Waals surface area contributed by atoms with E-state index in [1.165, 1.54) is 12.8 Å². The minimum Gasteiger partial charge on any atom is -0.503 e. The standard InChI is InChI=1S/C12H15ClO3/c1-15-10-7-6-9(13)11(14)12(10)16-8-4-2-3-5-8/h6-8,14H,2-5H2,1H3. The summed E-state index contributed by atoms with van der Waals surface area (Å²) in [5, 5.41) is 10.1. The fraction of sp³-hybridized carbons (Fsp3) is 0.500. The Morgan fingerprint density at radius 2 is 2.00 bits per heavy atom. The van der Waals surface area contributed by atoms with Crippen molar-refractivity contribution < 1.29 is 14.6 Å². The molecule has 2 rings (SSSR count). The average molecular weight is 243 g/mol. The minimum absolute atomic E-state index is 0.0343. The first-order valence-corrected chi connectivity index (χ1v) is 5.82. The third kappa shape index (κ3) is 2.19. The van der Waals surface area contributed by atoms with Crippen molar-refractivity contribution in [3.05, 3.63) is 17.2 Å². The molecule has 0 radical (unpaired) electrons. The quantitative estimate of drug-likeness (QED) is 0.883. The van der Waals surface area contributed by atoms with Crippen molar-refractivity contribution in [3.63, 3.8) is 0 Å². The maximum Gasteiger partial charge on any atom is 0.205 e. The number of phenols is 1. The minimum atomic E-state index is -0.0343. The van der Waals surface area contributed by atoms with Crippen LogP contribution in [0.15, 0.2) is 12.1 Å². The summed E-state index contributed by atoms with van der Waals surface area (Å²) < 4.78 is 10.9. The Labute approximate surface area is 99.9 Å². The fourth-order valence-corrected chi connectivity index (χ4v) is 2.12. The summed E-state index contributed by atoms with van der Waals surface area (Å²) in [4.78, 5) is 0. The van der Waals surface area contributed by atoms with Crippen LogP contribution in [0.5, 0.6) is 17.2 Å². The molecule has 88 valence electrons. The molecule has 0 unspecified atom stereocenters. The number of halogens is 1. The molecular weight excluding hydrogens is 228 g/mol. The van der Waals surface area contributed by atoms with E-state index in [9.17, 15) is 5.11 Å². The van der Waals surface area contributed by atoms with Gasteiger partial charge in [-0.1, -0.05) is 11.6 Å². The van der Waals surface area contributed by atoms with Crippen LogP contribution in [-0.2, 0) is 0 Å². The highest BCUT2D eigenvalue weighted by molar-refractivity contribution is 6.32. The monoisotopic (exact) mass is 242 g/mol. The molecule has 1 saturated carbocycles. The van der Waals surface area contributed by atoms with E-state index >= 15 is 0 Å². The van der Waals surface area contributed by atoms with Crippen molar-refractivity contribution in [2.24, 2.45) is 0 Å². The van der Waals surface area contributed by atoms with Crippen molar-refractivity contribution >= 4 is 11.6 Å². The summed E-state index contributed by atoms with van der Waals surface area (Å²) in [5.41, 5.74) is 0. The zero-order valence-electron chi connectivity index (χ0n) is 9.20. The van der Waals surface area contributed by atoms with Crippen molar-refractivity contribution in [1.82, 2.24) is 0 Å². The molecular formula is C12H15ClO3. The van der Waals surface area contributed by atoms with E-state index in [-0.39, 0.29) is 16.9 Å². The van der Waals surface area contributed by atoms with E-state index < -0.39 is 0 Å². The van der Waals surface area contributed by atoms with Gasteiger partial charge in [0, 0.05) is 0 Å². The van der Waals surface area contributed by atoms with Gasteiger partial charge in [0.2, 0.25) is 5.75 Å². The Morgan fingerprint density at radius 1 is 1.31 bits per heavy atom. The smallest absolute Gasteiger partial charge is 0.205 e. The van der Waals surface area contributed by atoms with E-state index in [1.807, 2.05) is 0 Å². The van der Waals surface area contributed by atoms with Gasteiger partial charge in [0.15, 0.2) is 11.5 Å². The summed E-state index contributed by atoms with van der Waals surface area (Å²) in [6.07, 6.45) is 4.56. The zero-order chi connectivity index (χ0) is 11.5. The van der Waals surface area contributed by atoms with Gasteiger partial charge in [-0.3, -0.25) is 0 Å². The maximum atomic E-state index is 9.83. The molecule has 0 spiro atoms. The number of aromatic hydroxyl groups is 1. The van der Waals surface area contributed by atoms with E-state index in [0.29, 0.717) is 11.5 Å². The second-order valence-electron chi connectivity index (χ2n) is 3.95. The zero-order valence-corrected chi connectivity index (χ0v) is 9.96. The summed E-state index contributed by atoms with van der Waals surface area (Å²) in [6.45, 7) is 0. The third-order valence-electron chi connectivity index (χ3n) is 2.85. The van der Waals surface area contributed by atoms with Crippen LogP contribution in [0, 0.1) is 0 Å². The van der Waals surface area contributed by atoms with Crippen LogP contribution in [0.3, 0.4) is 0 Å². The van der Waals surface area contributed by atoms with E-state index in [1.54, 1.807) is 19.2 Å². The van der Waals surface area contributed by atoms with Gasteiger partial charge in [0.1, 0.15) is 0 Å².